The van der Waals surface area contributed by atoms with Crippen LogP contribution >= 0.6 is 0 Å². The normalized spacial score (nSPS) is 16.7. The lowest BCUT2D eigenvalue weighted by atomic mass is 9.99. The second-order valence-corrected chi connectivity index (χ2v) is 4.69. The summed E-state index contributed by atoms with van der Waals surface area (Å²) in [6.45, 7) is 4.34. The van der Waals surface area contributed by atoms with E-state index in [1.807, 2.05) is 24.3 Å². The van der Waals surface area contributed by atoms with Crippen LogP contribution in [-0.2, 0) is 4.74 Å². The summed E-state index contributed by atoms with van der Waals surface area (Å²) in [5, 5.41) is 3.35. The molecule has 1 heterocycles. The Morgan fingerprint density at radius 2 is 1.83 bits per heavy atom. The maximum absolute atomic E-state index is 5.64. The van der Waals surface area contributed by atoms with Gasteiger partial charge in [-0.3, -0.25) is 0 Å². The van der Waals surface area contributed by atoms with Crippen LogP contribution in [-0.4, -0.2) is 32.9 Å². The number of anilines is 1. The van der Waals surface area contributed by atoms with Crippen LogP contribution < -0.4 is 15.8 Å². The molecule has 0 aromatic heterocycles. The SMILES string of the molecule is Nc1ccc(OCCOCC2CCNCC2)cc1. The quantitative estimate of drug-likeness (QED) is 0.595. The van der Waals surface area contributed by atoms with Crippen molar-refractivity contribution in [2.24, 2.45) is 5.92 Å². The van der Waals surface area contributed by atoms with Crippen molar-refractivity contribution in [2.45, 2.75) is 12.8 Å². The van der Waals surface area contributed by atoms with Gasteiger partial charge in [-0.15, -0.1) is 0 Å². The lowest BCUT2D eigenvalue weighted by Gasteiger charge is -2.22. The minimum Gasteiger partial charge on any atom is -0.491 e. The molecular weight excluding hydrogens is 228 g/mol. The molecule has 1 fully saturated rings. The Bertz CT molecular complexity index is 334. The van der Waals surface area contributed by atoms with E-state index in [9.17, 15) is 0 Å². The number of hydrogen-bond acceptors (Lipinski definition) is 4. The fourth-order valence-electron chi connectivity index (χ4n) is 2.08. The molecular formula is C14H22N2O2. The van der Waals surface area contributed by atoms with E-state index >= 15 is 0 Å². The molecule has 0 radical (unpaired) electrons. The number of hydrogen-bond donors (Lipinski definition) is 2. The van der Waals surface area contributed by atoms with Crippen molar-refractivity contribution >= 4 is 5.69 Å². The molecule has 0 amide bonds. The van der Waals surface area contributed by atoms with Gasteiger partial charge >= 0.3 is 0 Å². The Balaban J connectivity index is 1.54. The first-order chi connectivity index (χ1) is 8.84. The molecule has 4 nitrogen and oxygen atoms in total. The van der Waals surface area contributed by atoms with E-state index < -0.39 is 0 Å². The van der Waals surface area contributed by atoms with Crippen molar-refractivity contribution in [3.63, 3.8) is 0 Å². The van der Waals surface area contributed by atoms with E-state index in [1.54, 1.807) is 0 Å². The number of benzene rings is 1. The highest BCUT2D eigenvalue weighted by atomic mass is 16.5. The molecule has 100 valence electrons. The van der Waals surface area contributed by atoms with E-state index in [2.05, 4.69) is 5.32 Å². The highest BCUT2D eigenvalue weighted by Gasteiger charge is 2.12. The van der Waals surface area contributed by atoms with Crippen molar-refractivity contribution in [2.75, 3.05) is 38.6 Å². The molecule has 2 rings (SSSR count). The van der Waals surface area contributed by atoms with E-state index in [0.29, 0.717) is 19.1 Å². The molecule has 1 aliphatic heterocycles. The third-order valence-electron chi connectivity index (χ3n) is 3.19. The van der Waals surface area contributed by atoms with Crippen LogP contribution in [0.1, 0.15) is 12.8 Å². The number of rotatable bonds is 6. The molecule has 3 N–H and O–H groups in total. The second-order valence-electron chi connectivity index (χ2n) is 4.69. The van der Waals surface area contributed by atoms with Crippen molar-refractivity contribution < 1.29 is 9.47 Å². The van der Waals surface area contributed by atoms with Crippen LogP contribution in [0.25, 0.3) is 0 Å². The molecule has 0 spiro atoms. The van der Waals surface area contributed by atoms with Crippen LogP contribution in [0, 0.1) is 5.92 Å². The van der Waals surface area contributed by atoms with Gasteiger partial charge in [0.05, 0.1) is 6.61 Å². The van der Waals surface area contributed by atoms with E-state index in [4.69, 9.17) is 15.2 Å². The van der Waals surface area contributed by atoms with Crippen LogP contribution in [0.5, 0.6) is 5.75 Å². The molecule has 4 heteroatoms. The van der Waals surface area contributed by atoms with Crippen LogP contribution in [0.15, 0.2) is 24.3 Å². The zero-order valence-corrected chi connectivity index (χ0v) is 10.7. The summed E-state index contributed by atoms with van der Waals surface area (Å²) >= 11 is 0. The average Bonchev–Trinajstić information content (AvgIpc) is 2.42. The maximum atomic E-state index is 5.64. The first-order valence-corrected chi connectivity index (χ1v) is 6.61. The molecule has 0 bridgehead atoms. The first-order valence-electron chi connectivity index (χ1n) is 6.61. The van der Waals surface area contributed by atoms with E-state index in [0.717, 1.165) is 31.1 Å². The van der Waals surface area contributed by atoms with Gasteiger partial charge < -0.3 is 20.5 Å². The largest absolute Gasteiger partial charge is 0.491 e. The number of piperidine rings is 1. The predicted molar refractivity (Wildman–Crippen MR) is 72.8 cm³/mol. The standard InChI is InChI=1S/C14H22N2O2/c15-13-1-3-14(4-2-13)18-10-9-17-11-12-5-7-16-8-6-12/h1-4,12,16H,5-11,15H2. The topological polar surface area (TPSA) is 56.5 Å². The maximum Gasteiger partial charge on any atom is 0.119 e. The highest BCUT2D eigenvalue weighted by molar-refractivity contribution is 5.41. The minimum atomic E-state index is 0.592. The highest BCUT2D eigenvalue weighted by Crippen LogP contribution is 2.13. The number of nitrogen functional groups attached to an aromatic ring is 1. The van der Waals surface area contributed by atoms with Gasteiger partial charge in [0, 0.05) is 12.3 Å². The van der Waals surface area contributed by atoms with Gasteiger partial charge in [-0.05, 0) is 56.1 Å². The van der Waals surface area contributed by atoms with Crippen LogP contribution in [0.4, 0.5) is 5.69 Å². The Hall–Kier alpha value is -1.26. The van der Waals surface area contributed by atoms with Gasteiger partial charge in [-0.1, -0.05) is 0 Å². The summed E-state index contributed by atoms with van der Waals surface area (Å²) in [6.07, 6.45) is 2.44. The van der Waals surface area contributed by atoms with Gasteiger partial charge in [0.25, 0.3) is 0 Å². The van der Waals surface area contributed by atoms with E-state index in [-0.39, 0.29) is 0 Å². The predicted octanol–water partition coefficient (Wildman–Crippen LogP) is 1.66. The molecule has 1 aromatic carbocycles. The fraction of sp³-hybridized carbons (Fsp3) is 0.571. The first kappa shape index (κ1) is 13.2. The molecule has 0 aliphatic carbocycles. The fourth-order valence-corrected chi connectivity index (χ4v) is 2.08. The van der Waals surface area contributed by atoms with Crippen LogP contribution in [0.3, 0.4) is 0 Å². The van der Waals surface area contributed by atoms with Crippen molar-refractivity contribution in [1.29, 1.82) is 0 Å². The Morgan fingerprint density at radius 3 is 2.56 bits per heavy atom. The molecule has 1 aromatic rings. The lowest BCUT2D eigenvalue weighted by Crippen LogP contribution is -2.30. The summed E-state index contributed by atoms with van der Waals surface area (Å²) in [5.74, 6) is 1.55. The molecule has 0 atom stereocenters. The number of nitrogens with two attached hydrogens (primary N) is 1. The van der Waals surface area contributed by atoms with Gasteiger partial charge in [0.1, 0.15) is 12.4 Å². The van der Waals surface area contributed by atoms with Crippen molar-refractivity contribution in [3.8, 4) is 5.75 Å². The molecule has 1 saturated heterocycles. The van der Waals surface area contributed by atoms with E-state index in [1.165, 1.54) is 12.8 Å². The van der Waals surface area contributed by atoms with Gasteiger partial charge in [-0.25, -0.2) is 0 Å². The smallest absolute Gasteiger partial charge is 0.119 e. The Kier molecular flexibility index (Phi) is 5.30. The third-order valence-corrected chi connectivity index (χ3v) is 3.19. The summed E-state index contributed by atoms with van der Waals surface area (Å²) in [4.78, 5) is 0. The Morgan fingerprint density at radius 1 is 1.11 bits per heavy atom. The van der Waals surface area contributed by atoms with Crippen molar-refractivity contribution in [3.05, 3.63) is 24.3 Å². The zero-order chi connectivity index (χ0) is 12.6. The molecule has 0 saturated carbocycles. The summed E-state index contributed by atoms with van der Waals surface area (Å²) in [5.41, 5.74) is 6.35. The Labute approximate surface area is 108 Å². The monoisotopic (exact) mass is 250 g/mol. The minimum absolute atomic E-state index is 0.592. The summed E-state index contributed by atoms with van der Waals surface area (Å²) in [6, 6.07) is 7.43. The number of ether oxygens (including phenoxy) is 2. The summed E-state index contributed by atoms with van der Waals surface area (Å²) in [7, 11) is 0. The zero-order valence-electron chi connectivity index (χ0n) is 10.7. The average molecular weight is 250 g/mol. The third kappa shape index (κ3) is 4.55. The second kappa shape index (κ2) is 7.24. The van der Waals surface area contributed by atoms with Gasteiger partial charge in [-0.2, -0.15) is 0 Å². The van der Waals surface area contributed by atoms with Gasteiger partial charge in [0.2, 0.25) is 0 Å². The van der Waals surface area contributed by atoms with Gasteiger partial charge in [0.15, 0.2) is 0 Å². The molecule has 18 heavy (non-hydrogen) atoms. The molecule has 0 unspecified atom stereocenters. The molecule has 1 aliphatic rings. The van der Waals surface area contributed by atoms with Crippen molar-refractivity contribution in [1.82, 2.24) is 5.32 Å². The number of nitrogens with one attached hydrogen (secondary N) is 1. The summed E-state index contributed by atoms with van der Waals surface area (Å²) < 4.78 is 11.2. The lowest BCUT2D eigenvalue weighted by molar-refractivity contribution is 0.0655. The van der Waals surface area contributed by atoms with Crippen LogP contribution in [0.2, 0.25) is 0 Å².